The van der Waals surface area contributed by atoms with Crippen molar-refractivity contribution in [3.8, 4) is 5.75 Å². The zero-order valence-corrected chi connectivity index (χ0v) is 15.0. The Morgan fingerprint density at radius 1 is 1.15 bits per heavy atom. The molecule has 1 heterocycles. The van der Waals surface area contributed by atoms with Crippen LogP contribution in [-0.2, 0) is 19.1 Å². The van der Waals surface area contributed by atoms with Crippen LogP contribution in [0.3, 0.4) is 0 Å². The maximum absolute atomic E-state index is 12.6. The molecule has 0 spiro atoms. The van der Waals surface area contributed by atoms with Gasteiger partial charge >= 0.3 is 11.9 Å². The predicted octanol–water partition coefficient (Wildman–Crippen LogP) is 2.75. The van der Waals surface area contributed by atoms with E-state index in [-0.39, 0.29) is 5.78 Å². The molecule has 6 heteroatoms. The Morgan fingerprint density at radius 2 is 1.85 bits per heavy atom. The number of nitrogens with one attached hydrogen (secondary N) is 1. The third-order valence-electron chi connectivity index (χ3n) is 4.66. The average molecular weight is 355 g/mol. The highest BCUT2D eigenvalue weighted by atomic mass is 16.5. The third kappa shape index (κ3) is 3.27. The number of carbonyl (C=O) groups excluding carboxylic acids is 3. The Hall–Kier alpha value is -2.89. The molecule has 1 aromatic rings. The molecule has 0 aromatic heterocycles. The van der Waals surface area contributed by atoms with Crippen LogP contribution in [-0.4, -0.2) is 24.8 Å². The fraction of sp³-hybridized carbons (Fsp3) is 0.350. The van der Waals surface area contributed by atoms with Crippen molar-refractivity contribution < 1.29 is 23.9 Å². The van der Waals surface area contributed by atoms with Gasteiger partial charge in [-0.05, 0) is 37.5 Å². The van der Waals surface area contributed by atoms with Crippen LogP contribution in [0.5, 0.6) is 5.75 Å². The number of ketones is 1. The molecular formula is C20H21NO5. The minimum Gasteiger partial charge on any atom is -0.466 e. The molecular weight excluding hydrogens is 334 g/mol. The van der Waals surface area contributed by atoms with Crippen molar-refractivity contribution in [3.63, 3.8) is 0 Å². The molecule has 1 atom stereocenters. The molecule has 136 valence electrons. The van der Waals surface area contributed by atoms with Gasteiger partial charge in [0.2, 0.25) is 0 Å². The Kier molecular flexibility index (Phi) is 4.93. The first kappa shape index (κ1) is 17.9. The lowest BCUT2D eigenvalue weighted by atomic mass is 9.75. The molecule has 0 fully saturated rings. The quantitative estimate of drug-likeness (QED) is 0.663. The normalized spacial score (nSPS) is 19.7. The second-order valence-corrected chi connectivity index (χ2v) is 6.42. The van der Waals surface area contributed by atoms with Crippen LogP contribution in [0.1, 0.15) is 44.6 Å². The second-order valence-electron chi connectivity index (χ2n) is 6.42. The lowest BCUT2D eigenvalue weighted by Gasteiger charge is -2.34. The number of dihydropyridines is 1. The number of hydrogen-bond donors (Lipinski definition) is 1. The largest absolute Gasteiger partial charge is 0.466 e. The maximum Gasteiger partial charge on any atom is 0.336 e. The molecule has 1 unspecified atom stereocenters. The summed E-state index contributed by atoms with van der Waals surface area (Å²) in [6.07, 6.45) is 2.04. The summed E-state index contributed by atoms with van der Waals surface area (Å²) < 4.78 is 10.0. The van der Waals surface area contributed by atoms with Crippen LogP contribution in [0.2, 0.25) is 0 Å². The Labute approximate surface area is 151 Å². The van der Waals surface area contributed by atoms with Gasteiger partial charge in [-0.3, -0.25) is 9.59 Å². The maximum atomic E-state index is 12.6. The summed E-state index contributed by atoms with van der Waals surface area (Å²) in [5.74, 6) is -0.897. The average Bonchev–Trinajstić information content (AvgIpc) is 2.60. The Bertz CT molecular complexity index is 832. The molecule has 26 heavy (non-hydrogen) atoms. The first-order valence-corrected chi connectivity index (χ1v) is 8.53. The van der Waals surface area contributed by atoms with Crippen molar-refractivity contribution in [2.75, 3.05) is 7.11 Å². The van der Waals surface area contributed by atoms with Gasteiger partial charge in [0.1, 0.15) is 5.75 Å². The van der Waals surface area contributed by atoms with Gasteiger partial charge in [0.25, 0.3) is 0 Å². The van der Waals surface area contributed by atoms with E-state index in [9.17, 15) is 14.4 Å². The van der Waals surface area contributed by atoms with Gasteiger partial charge in [0.15, 0.2) is 5.78 Å². The van der Waals surface area contributed by atoms with Crippen molar-refractivity contribution in [2.45, 2.75) is 39.0 Å². The molecule has 0 amide bonds. The van der Waals surface area contributed by atoms with E-state index in [1.165, 1.54) is 14.0 Å². The van der Waals surface area contributed by atoms with E-state index < -0.39 is 17.9 Å². The van der Waals surface area contributed by atoms with E-state index in [2.05, 4.69) is 5.32 Å². The molecule has 3 rings (SSSR count). The summed E-state index contributed by atoms with van der Waals surface area (Å²) in [6, 6.07) is 6.88. The van der Waals surface area contributed by atoms with E-state index >= 15 is 0 Å². The van der Waals surface area contributed by atoms with E-state index in [1.54, 1.807) is 24.3 Å². The number of methoxy groups -OCH3 is 1. The molecule has 0 saturated heterocycles. The SMILES string of the molecule is COC(=O)C1=C(C)NC2=C(C(=O)CCC2)C1c1ccc(OC(C)=O)cc1. The predicted molar refractivity (Wildman–Crippen MR) is 94.2 cm³/mol. The van der Waals surface area contributed by atoms with Crippen LogP contribution in [0.4, 0.5) is 0 Å². The number of benzene rings is 1. The molecule has 1 aromatic carbocycles. The fourth-order valence-electron chi connectivity index (χ4n) is 3.59. The fourth-order valence-corrected chi connectivity index (χ4v) is 3.59. The molecule has 0 bridgehead atoms. The molecule has 0 radical (unpaired) electrons. The van der Waals surface area contributed by atoms with E-state index in [0.717, 1.165) is 24.1 Å². The van der Waals surface area contributed by atoms with Crippen LogP contribution < -0.4 is 10.1 Å². The van der Waals surface area contributed by atoms with E-state index in [4.69, 9.17) is 9.47 Å². The highest BCUT2D eigenvalue weighted by molar-refractivity contribution is 6.03. The summed E-state index contributed by atoms with van der Waals surface area (Å²) >= 11 is 0. The van der Waals surface area contributed by atoms with Gasteiger partial charge < -0.3 is 14.8 Å². The zero-order valence-electron chi connectivity index (χ0n) is 15.0. The molecule has 1 N–H and O–H groups in total. The minimum absolute atomic E-state index is 0.0433. The first-order valence-electron chi connectivity index (χ1n) is 8.53. The van der Waals surface area contributed by atoms with Gasteiger partial charge in [-0.15, -0.1) is 0 Å². The summed E-state index contributed by atoms with van der Waals surface area (Å²) in [6.45, 7) is 3.15. The lowest BCUT2D eigenvalue weighted by molar-refractivity contribution is -0.136. The number of allylic oxidation sites excluding steroid dienone is 3. The minimum atomic E-state index is -0.488. The van der Waals surface area contributed by atoms with Crippen molar-refractivity contribution >= 4 is 17.7 Å². The monoisotopic (exact) mass is 355 g/mol. The number of hydrogen-bond acceptors (Lipinski definition) is 6. The molecule has 2 aliphatic rings. The number of esters is 2. The summed E-state index contributed by atoms with van der Waals surface area (Å²) in [5.41, 5.74) is 3.41. The molecule has 6 nitrogen and oxygen atoms in total. The van der Waals surface area contributed by atoms with Gasteiger partial charge in [-0.25, -0.2) is 4.79 Å². The first-order chi connectivity index (χ1) is 12.4. The molecule has 1 aliphatic carbocycles. The number of carbonyl (C=O) groups is 3. The van der Waals surface area contributed by atoms with Crippen LogP contribution >= 0.6 is 0 Å². The van der Waals surface area contributed by atoms with Crippen molar-refractivity contribution in [1.29, 1.82) is 0 Å². The highest BCUT2D eigenvalue weighted by Gasteiger charge is 2.38. The van der Waals surface area contributed by atoms with Gasteiger partial charge in [-0.1, -0.05) is 12.1 Å². The Morgan fingerprint density at radius 3 is 2.46 bits per heavy atom. The van der Waals surface area contributed by atoms with E-state index in [0.29, 0.717) is 29.0 Å². The standard InChI is InChI=1S/C20H21NO5/c1-11-17(20(24)25-3)18(19-15(21-11)5-4-6-16(19)23)13-7-9-14(10-8-13)26-12(2)22/h7-10,18,21H,4-6H2,1-3H3. The van der Waals surface area contributed by atoms with Gasteiger partial charge in [0.05, 0.1) is 12.7 Å². The third-order valence-corrected chi connectivity index (χ3v) is 4.66. The van der Waals surface area contributed by atoms with Crippen molar-refractivity contribution in [2.24, 2.45) is 0 Å². The van der Waals surface area contributed by atoms with Gasteiger partial charge in [0, 0.05) is 36.2 Å². The number of ether oxygens (including phenoxy) is 2. The molecule has 1 aliphatic heterocycles. The summed E-state index contributed by atoms with van der Waals surface area (Å²) in [7, 11) is 1.33. The Balaban J connectivity index is 2.09. The summed E-state index contributed by atoms with van der Waals surface area (Å²) in [4.78, 5) is 36.2. The van der Waals surface area contributed by atoms with Crippen molar-refractivity contribution in [3.05, 3.63) is 52.4 Å². The van der Waals surface area contributed by atoms with Crippen molar-refractivity contribution in [1.82, 2.24) is 5.32 Å². The number of Topliss-reactive ketones (excluding diaryl/α,β-unsaturated/α-hetero) is 1. The molecule has 0 saturated carbocycles. The lowest BCUT2D eigenvalue weighted by Crippen LogP contribution is -2.34. The summed E-state index contributed by atoms with van der Waals surface area (Å²) in [5, 5.41) is 3.22. The number of rotatable bonds is 3. The second kappa shape index (κ2) is 7.15. The van der Waals surface area contributed by atoms with Crippen LogP contribution in [0, 0.1) is 0 Å². The van der Waals surface area contributed by atoms with Crippen LogP contribution in [0.25, 0.3) is 0 Å². The highest BCUT2D eigenvalue weighted by Crippen LogP contribution is 2.42. The van der Waals surface area contributed by atoms with Crippen LogP contribution in [0.15, 0.2) is 46.8 Å². The zero-order chi connectivity index (χ0) is 18.8. The topological polar surface area (TPSA) is 81.7 Å². The smallest absolute Gasteiger partial charge is 0.336 e. The van der Waals surface area contributed by atoms with E-state index in [1.807, 2.05) is 6.92 Å². The van der Waals surface area contributed by atoms with Gasteiger partial charge in [-0.2, -0.15) is 0 Å².